The number of aromatic nitrogens is 1. The van der Waals surface area contributed by atoms with Crippen LogP contribution < -0.4 is 4.74 Å². The molecule has 2 nitrogen and oxygen atoms in total. The van der Waals surface area contributed by atoms with E-state index in [1.807, 2.05) is 36.5 Å². The van der Waals surface area contributed by atoms with E-state index in [9.17, 15) is 0 Å². The average Bonchev–Trinajstić information content (AvgIpc) is 3.18. The van der Waals surface area contributed by atoms with E-state index < -0.39 is 0 Å². The summed E-state index contributed by atoms with van der Waals surface area (Å²) >= 11 is 0. The van der Waals surface area contributed by atoms with Crippen LogP contribution in [-0.4, -0.2) is 12.1 Å². The zero-order valence-corrected chi connectivity index (χ0v) is 26.7. The van der Waals surface area contributed by atoms with E-state index in [1.54, 1.807) is 7.11 Å². The number of hydrogen-bond acceptors (Lipinski definition) is 2. The fourth-order valence-electron chi connectivity index (χ4n) is 5.87. The summed E-state index contributed by atoms with van der Waals surface area (Å²) in [5, 5.41) is 0. The highest BCUT2D eigenvalue weighted by atomic mass is 16.5. The maximum Gasteiger partial charge on any atom is 0.118 e. The Morgan fingerprint density at radius 3 is 1.35 bits per heavy atom. The largest absolute Gasteiger partial charge is 0.497 e. The number of hydrogen-bond donors (Lipinski definition) is 0. The summed E-state index contributed by atoms with van der Waals surface area (Å²) in [7, 11) is 1.67. The van der Waals surface area contributed by atoms with Gasteiger partial charge in [0.15, 0.2) is 0 Å². The second-order valence-corrected chi connectivity index (χ2v) is 11.4. The molecule has 0 radical (unpaired) electrons. The van der Waals surface area contributed by atoms with Crippen molar-refractivity contribution >= 4 is 11.1 Å². The van der Waals surface area contributed by atoms with Gasteiger partial charge in [0.1, 0.15) is 5.75 Å². The van der Waals surface area contributed by atoms with Crippen LogP contribution in [-0.2, 0) is 0 Å². The Hall–Kier alpha value is -6.43. The van der Waals surface area contributed by atoms with E-state index in [4.69, 9.17) is 4.74 Å². The van der Waals surface area contributed by atoms with Gasteiger partial charge in [-0.2, -0.15) is 0 Å². The molecule has 1 aromatic heterocycles. The molecule has 0 amide bonds. The molecule has 0 saturated heterocycles. The maximum absolute atomic E-state index is 5.29. The zero-order chi connectivity index (χ0) is 32.5. The Labute approximate surface area is 282 Å². The Morgan fingerprint density at radius 1 is 0.438 bits per heavy atom. The first-order valence-electron chi connectivity index (χ1n) is 16.0. The van der Waals surface area contributed by atoms with Gasteiger partial charge in [-0.15, -0.1) is 0 Å². The first-order chi connectivity index (χ1) is 23.7. The van der Waals surface area contributed by atoms with Gasteiger partial charge in [0.2, 0.25) is 0 Å². The minimum atomic E-state index is 0.830. The molecule has 228 valence electrons. The SMILES string of the molecule is COc1ccc(-c2cc(-c3ccc(C#Cc4ccc(C(=C(c5ccccc5)c5ccccc5)c5ccccc5)cc4)cc3)ccn2)cc1. The van der Waals surface area contributed by atoms with Crippen molar-refractivity contribution in [3.8, 4) is 40.0 Å². The highest BCUT2D eigenvalue weighted by Crippen LogP contribution is 2.37. The second kappa shape index (κ2) is 14.3. The molecule has 0 atom stereocenters. The Morgan fingerprint density at radius 2 is 0.875 bits per heavy atom. The molecule has 0 N–H and O–H groups in total. The summed E-state index contributed by atoms with van der Waals surface area (Å²) in [6.45, 7) is 0. The molecule has 2 heteroatoms. The molecular weight excluding hydrogens is 583 g/mol. The molecule has 0 spiro atoms. The molecule has 0 unspecified atom stereocenters. The summed E-state index contributed by atoms with van der Waals surface area (Å²) in [6, 6.07) is 61.0. The average molecular weight is 616 g/mol. The molecule has 0 aliphatic carbocycles. The third-order valence-electron chi connectivity index (χ3n) is 8.33. The van der Waals surface area contributed by atoms with Crippen LogP contribution in [0.2, 0.25) is 0 Å². The Balaban J connectivity index is 1.17. The first kappa shape index (κ1) is 30.2. The van der Waals surface area contributed by atoms with Crippen molar-refractivity contribution in [2.45, 2.75) is 0 Å². The molecular formula is C46H33NO. The topological polar surface area (TPSA) is 22.1 Å². The van der Waals surface area contributed by atoms with Crippen LogP contribution >= 0.6 is 0 Å². The summed E-state index contributed by atoms with van der Waals surface area (Å²) in [5.41, 5.74) is 13.2. The van der Waals surface area contributed by atoms with E-state index in [0.717, 1.165) is 44.8 Å². The highest BCUT2D eigenvalue weighted by molar-refractivity contribution is 6.04. The van der Waals surface area contributed by atoms with E-state index in [1.165, 1.54) is 27.8 Å². The van der Waals surface area contributed by atoms with Gasteiger partial charge in [-0.25, -0.2) is 0 Å². The summed E-state index contributed by atoms with van der Waals surface area (Å²) in [4.78, 5) is 4.58. The van der Waals surface area contributed by atoms with E-state index in [2.05, 4.69) is 162 Å². The lowest BCUT2D eigenvalue weighted by Gasteiger charge is -2.18. The van der Waals surface area contributed by atoms with Gasteiger partial charge in [0.05, 0.1) is 12.8 Å². The molecule has 1 heterocycles. The van der Waals surface area contributed by atoms with E-state index in [0.29, 0.717) is 0 Å². The van der Waals surface area contributed by atoms with Crippen LogP contribution in [0.5, 0.6) is 5.75 Å². The van der Waals surface area contributed by atoms with Crippen molar-refractivity contribution in [3.05, 3.63) is 216 Å². The van der Waals surface area contributed by atoms with Crippen molar-refractivity contribution in [1.82, 2.24) is 4.98 Å². The molecule has 6 aromatic carbocycles. The molecule has 0 aliphatic heterocycles. The van der Waals surface area contributed by atoms with Gasteiger partial charge in [-0.05, 0) is 105 Å². The zero-order valence-electron chi connectivity index (χ0n) is 26.7. The number of pyridine rings is 1. The molecule has 0 fully saturated rings. The number of benzene rings is 6. The van der Waals surface area contributed by atoms with Gasteiger partial charge in [-0.1, -0.05) is 127 Å². The lowest BCUT2D eigenvalue weighted by molar-refractivity contribution is 0.415. The van der Waals surface area contributed by atoms with Crippen molar-refractivity contribution < 1.29 is 4.74 Å². The quantitative estimate of drug-likeness (QED) is 0.131. The smallest absolute Gasteiger partial charge is 0.118 e. The lowest BCUT2D eigenvalue weighted by Crippen LogP contribution is -1.97. The molecule has 7 aromatic rings. The summed E-state index contributed by atoms with van der Waals surface area (Å²) in [5.74, 6) is 7.56. The van der Waals surface area contributed by atoms with E-state index >= 15 is 0 Å². The third kappa shape index (κ3) is 6.87. The minimum absolute atomic E-state index is 0.830. The normalized spacial score (nSPS) is 10.4. The Kier molecular flexibility index (Phi) is 9.03. The minimum Gasteiger partial charge on any atom is -0.497 e. The van der Waals surface area contributed by atoms with Gasteiger partial charge in [0, 0.05) is 22.9 Å². The number of nitrogens with zero attached hydrogens (tertiary/aromatic N) is 1. The molecule has 7 rings (SSSR count). The number of rotatable bonds is 7. The standard InChI is InChI=1S/C46H33NO/c1-48-43-29-27-37(28-30-43)44-33-42(31-32-47-44)36-23-19-34(20-24-36)17-18-35-21-25-41(26-22-35)46(40-15-9-4-10-16-40)45(38-11-5-2-6-12-38)39-13-7-3-8-14-39/h2-16,19-33H,1H3. The lowest BCUT2D eigenvalue weighted by atomic mass is 9.85. The highest BCUT2D eigenvalue weighted by Gasteiger charge is 2.16. The van der Waals surface area contributed by atoms with Gasteiger partial charge in [-0.3, -0.25) is 4.98 Å². The fourth-order valence-corrected chi connectivity index (χ4v) is 5.87. The van der Waals surface area contributed by atoms with Crippen LogP contribution in [0.1, 0.15) is 33.4 Å². The van der Waals surface area contributed by atoms with Crippen LogP contribution in [0.25, 0.3) is 33.5 Å². The number of methoxy groups -OCH3 is 1. The molecule has 48 heavy (non-hydrogen) atoms. The number of ether oxygens (including phenoxy) is 1. The van der Waals surface area contributed by atoms with Crippen LogP contribution in [0.3, 0.4) is 0 Å². The van der Waals surface area contributed by atoms with Gasteiger partial charge >= 0.3 is 0 Å². The maximum atomic E-state index is 5.29. The fraction of sp³-hybridized carbons (Fsp3) is 0.0217. The van der Waals surface area contributed by atoms with Crippen LogP contribution in [0.15, 0.2) is 182 Å². The predicted octanol–water partition coefficient (Wildman–Crippen LogP) is 10.8. The summed E-state index contributed by atoms with van der Waals surface area (Å²) in [6.07, 6.45) is 1.85. The molecule has 0 aliphatic rings. The second-order valence-electron chi connectivity index (χ2n) is 11.4. The Bertz CT molecular complexity index is 2170. The third-order valence-corrected chi connectivity index (χ3v) is 8.33. The van der Waals surface area contributed by atoms with Crippen LogP contribution in [0, 0.1) is 11.8 Å². The first-order valence-corrected chi connectivity index (χ1v) is 16.0. The summed E-state index contributed by atoms with van der Waals surface area (Å²) < 4.78 is 5.29. The van der Waals surface area contributed by atoms with Gasteiger partial charge in [0.25, 0.3) is 0 Å². The van der Waals surface area contributed by atoms with Crippen molar-refractivity contribution in [3.63, 3.8) is 0 Å². The monoisotopic (exact) mass is 615 g/mol. The predicted molar refractivity (Wildman–Crippen MR) is 198 cm³/mol. The van der Waals surface area contributed by atoms with Crippen molar-refractivity contribution in [2.24, 2.45) is 0 Å². The molecule has 0 bridgehead atoms. The van der Waals surface area contributed by atoms with Gasteiger partial charge < -0.3 is 4.74 Å². The molecule has 0 saturated carbocycles. The van der Waals surface area contributed by atoms with E-state index in [-0.39, 0.29) is 0 Å². The van der Waals surface area contributed by atoms with Crippen molar-refractivity contribution in [2.75, 3.05) is 7.11 Å². The van der Waals surface area contributed by atoms with Crippen molar-refractivity contribution in [1.29, 1.82) is 0 Å². The van der Waals surface area contributed by atoms with Crippen LogP contribution in [0.4, 0.5) is 0 Å².